The smallest absolute Gasteiger partial charge is 0.0659 e. The number of hydrogen-bond acceptors (Lipinski definition) is 1. The Morgan fingerprint density at radius 2 is 2.14 bits per heavy atom. The molecule has 72 valence electrons. The van der Waals surface area contributed by atoms with Crippen molar-refractivity contribution in [2.45, 2.75) is 13.8 Å². The fourth-order valence-corrected chi connectivity index (χ4v) is 1.15. The summed E-state index contributed by atoms with van der Waals surface area (Å²) in [5, 5.41) is 0. The summed E-state index contributed by atoms with van der Waals surface area (Å²) in [4.78, 5) is 4.33. The number of nitrogens with zero attached hydrogens (tertiary/aromatic N) is 1. The van der Waals surface area contributed by atoms with Crippen molar-refractivity contribution >= 4 is 12.2 Å². The fraction of sp³-hybridized carbons (Fsp3) is 0.154. The normalized spacial score (nSPS) is 11.3. The highest BCUT2D eigenvalue weighted by Gasteiger charge is 1.95. The molecule has 0 aliphatic carbocycles. The lowest BCUT2D eigenvalue weighted by Crippen LogP contribution is -1.87. The van der Waals surface area contributed by atoms with Gasteiger partial charge in [-0.1, -0.05) is 30.9 Å². The molecule has 0 saturated heterocycles. The van der Waals surface area contributed by atoms with Crippen molar-refractivity contribution < 1.29 is 0 Å². The van der Waals surface area contributed by atoms with Gasteiger partial charge in [0.15, 0.2) is 0 Å². The van der Waals surface area contributed by atoms with Gasteiger partial charge in [-0.05, 0) is 37.1 Å². The maximum Gasteiger partial charge on any atom is 0.0659 e. The zero-order valence-electron chi connectivity index (χ0n) is 8.70. The highest BCUT2D eigenvalue weighted by atomic mass is 14.7. The van der Waals surface area contributed by atoms with Gasteiger partial charge in [-0.2, -0.15) is 0 Å². The topological polar surface area (TPSA) is 12.9 Å². The average Bonchev–Trinajstić information content (AvgIpc) is 2.20. The summed E-state index contributed by atoms with van der Waals surface area (Å²) in [7, 11) is 0. The Bertz CT molecular complexity index is 373. The third-order valence-electron chi connectivity index (χ3n) is 1.93. The van der Waals surface area contributed by atoms with E-state index in [1.807, 2.05) is 37.4 Å². The van der Waals surface area contributed by atoms with E-state index in [4.69, 9.17) is 0 Å². The molecule has 0 radical (unpaired) electrons. The molecule has 1 rings (SSSR count). The summed E-state index contributed by atoms with van der Waals surface area (Å²) in [6, 6.07) is 2.08. The number of rotatable bonds is 3. The van der Waals surface area contributed by atoms with E-state index in [0.29, 0.717) is 0 Å². The molecule has 1 aromatic rings. The van der Waals surface area contributed by atoms with Gasteiger partial charge in [0.25, 0.3) is 0 Å². The van der Waals surface area contributed by atoms with Gasteiger partial charge in [-0.3, -0.25) is 4.98 Å². The minimum atomic E-state index is 1.01. The lowest BCUT2D eigenvalue weighted by atomic mass is 10.1. The maximum absolute atomic E-state index is 4.33. The summed E-state index contributed by atoms with van der Waals surface area (Å²) < 4.78 is 0. The molecule has 0 fully saturated rings. The van der Waals surface area contributed by atoms with Crippen molar-refractivity contribution in [1.29, 1.82) is 0 Å². The van der Waals surface area contributed by atoms with Crippen molar-refractivity contribution in [3.63, 3.8) is 0 Å². The van der Waals surface area contributed by atoms with E-state index in [2.05, 4.69) is 24.6 Å². The third kappa shape index (κ3) is 2.70. The molecule has 0 N–H and O–H groups in total. The first-order valence-electron chi connectivity index (χ1n) is 4.66. The molecular weight excluding hydrogens is 170 g/mol. The quantitative estimate of drug-likeness (QED) is 0.655. The van der Waals surface area contributed by atoms with Gasteiger partial charge >= 0.3 is 0 Å². The van der Waals surface area contributed by atoms with Gasteiger partial charge in [0, 0.05) is 6.20 Å². The van der Waals surface area contributed by atoms with Crippen LogP contribution in [-0.4, -0.2) is 4.98 Å². The fourth-order valence-electron chi connectivity index (χ4n) is 1.15. The van der Waals surface area contributed by atoms with E-state index in [1.54, 1.807) is 6.08 Å². The number of allylic oxidation sites excluding steroid dienone is 3. The molecule has 1 heterocycles. The number of hydrogen-bond donors (Lipinski definition) is 0. The first-order valence-corrected chi connectivity index (χ1v) is 4.66. The van der Waals surface area contributed by atoms with Crippen LogP contribution in [0.3, 0.4) is 0 Å². The highest BCUT2D eigenvalue weighted by Crippen LogP contribution is 2.10. The Labute approximate surface area is 85.5 Å². The predicted octanol–water partition coefficient (Wildman–Crippen LogP) is 3.62. The number of aromatic nitrogens is 1. The van der Waals surface area contributed by atoms with E-state index in [-0.39, 0.29) is 0 Å². The summed E-state index contributed by atoms with van der Waals surface area (Å²) >= 11 is 0. The van der Waals surface area contributed by atoms with E-state index in [9.17, 15) is 0 Å². The zero-order valence-corrected chi connectivity index (χ0v) is 8.70. The molecule has 1 heteroatoms. The standard InChI is InChI=1S/C13H15N/c1-4-6-7-8-13-11(3)9-12(5-2)10-14-13/h4-10H,2H2,1,3H3/b6-4+,8-7-. The lowest BCUT2D eigenvalue weighted by Gasteiger charge is -1.99. The highest BCUT2D eigenvalue weighted by molar-refractivity contribution is 5.55. The number of pyridine rings is 1. The van der Waals surface area contributed by atoms with E-state index in [0.717, 1.165) is 11.3 Å². The first kappa shape index (κ1) is 10.5. The molecule has 0 unspecified atom stereocenters. The van der Waals surface area contributed by atoms with Gasteiger partial charge in [0.1, 0.15) is 0 Å². The Balaban J connectivity index is 2.94. The summed E-state index contributed by atoms with van der Waals surface area (Å²) in [6.45, 7) is 7.75. The van der Waals surface area contributed by atoms with Crippen LogP contribution in [0.1, 0.15) is 23.7 Å². The monoisotopic (exact) mass is 185 g/mol. The van der Waals surface area contributed by atoms with Crippen LogP contribution in [0, 0.1) is 6.92 Å². The van der Waals surface area contributed by atoms with Crippen LogP contribution >= 0.6 is 0 Å². The van der Waals surface area contributed by atoms with E-state index in [1.165, 1.54) is 5.56 Å². The molecule has 0 atom stereocenters. The summed E-state index contributed by atoms with van der Waals surface area (Å²) in [6.07, 6.45) is 11.6. The molecule has 0 aliphatic rings. The van der Waals surface area contributed by atoms with Gasteiger partial charge in [-0.25, -0.2) is 0 Å². The summed E-state index contributed by atoms with van der Waals surface area (Å²) in [5.74, 6) is 0. The van der Waals surface area contributed by atoms with Gasteiger partial charge in [0.2, 0.25) is 0 Å². The summed E-state index contributed by atoms with van der Waals surface area (Å²) in [5.41, 5.74) is 3.24. The number of aryl methyl sites for hydroxylation is 1. The molecule has 0 bridgehead atoms. The molecular formula is C13H15N. The van der Waals surface area contributed by atoms with Crippen molar-refractivity contribution in [3.8, 4) is 0 Å². The molecule has 0 amide bonds. The van der Waals surface area contributed by atoms with Crippen LogP contribution < -0.4 is 0 Å². The molecule has 0 spiro atoms. The Morgan fingerprint density at radius 3 is 2.71 bits per heavy atom. The second-order valence-corrected chi connectivity index (χ2v) is 3.06. The van der Waals surface area contributed by atoms with Gasteiger partial charge < -0.3 is 0 Å². The molecule has 14 heavy (non-hydrogen) atoms. The molecule has 0 saturated carbocycles. The lowest BCUT2D eigenvalue weighted by molar-refractivity contribution is 1.23. The molecule has 0 aliphatic heterocycles. The van der Waals surface area contributed by atoms with Gasteiger partial charge in [0.05, 0.1) is 5.69 Å². The van der Waals surface area contributed by atoms with E-state index >= 15 is 0 Å². The van der Waals surface area contributed by atoms with Crippen molar-refractivity contribution in [3.05, 3.63) is 53.9 Å². The Kier molecular flexibility index (Phi) is 3.86. The average molecular weight is 185 g/mol. The van der Waals surface area contributed by atoms with Gasteiger partial charge in [-0.15, -0.1) is 0 Å². The van der Waals surface area contributed by atoms with Crippen molar-refractivity contribution in [2.24, 2.45) is 0 Å². The Morgan fingerprint density at radius 1 is 1.36 bits per heavy atom. The molecule has 1 aromatic heterocycles. The Hall–Kier alpha value is -1.63. The van der Waals surface area contributed by atoms with Crippen LogP contribution in [0.25, 0.3) is 12.2 Å². The first-order chi connectivity index (χ1) is 6.77. The predicted molar refractivity (Wildman–Crippen MR) is 62.9 cm³/mol. The molecule has 1 nitrogen and oxygen atoms in total. The largest absolute Gasteiger partial charge is 0.256 e. The minimum Gasteiger partial charge on any atom is -0.256 e. The second-order valence-electron chi connectivity index (χ2n) is 3.06. The van der Waals surface area contributed by atoms with Crippen LogP contribution in [0.2, 0.25) is 0 Å². The van der Waals surface area contributed by atoms with Crippen LogP contribution in [0.5, 0.6) is 0 Å². The minimum absolute atomic E-state index is 1.01. The molecule has 0 aromatic carbocycles. The second kappa shape index (κ2) is 5.18. The van der Waals surface area contributed by atoms with Crippen LogP contribution in [-0.2, 0) is 0 Å². The van der Waals surface area contributed by atoms with Crippen LogP contribution in [0.4, 0.5) is 0 Å². The zero-order chi connectivity index (χ0) is 10.4. The van der Waals surface area contributed by atoms with Crippen molar-refractivity contribution in [1.82, 2.24) is 4.98 Å². The van der Waals surface area contributed by atoms with Crippen LogP contribution in [0.15, 0.2) is 37.1 Å². The SMILES string of the molecule is C=Cc1cnc(/C=C\C=C\C)c(C)c1. The van der Waals surface area contributed by atoms with Crippen molar-refractivity contribution in [2.75, 3.05) is 0 Å². The maximum atomic E-state index is 4.33. The third-order valence-corrected chi connectivity index (χ3v) is 1.93. The van der Waals surface area contributed by atoms with E-state index < -0.39 is 0 Å².